The van der Waals surface area contributed by atoms with E-state index in [1.165, 1.54) is 22.9 Å². The first kappa shape index (κ1) is 49.0. The third kappa shape index (κ3) is 9.04. The molecule has 0 radical (unpaired) electrons. The average Bonchev–Trinajstić information content (AvgIpc) is 3.80. The monoisotopic (exact) mass is 983 g/mol. The Kier molecular flexibility index (Phi) is 13.3. The maximum Gasteiger partial charge on any atom is 0.257 e. The van der Waals surface area contributed by atoms with Crippen molar-refractivity contribution >= 4 is 51.6 Å². The fourth-order valence-electron chi connectivity index (χ4n) is 11.9. The van der Waals surface area contributed by atoms with Crippen molar-refractivity contribution in [1.29, 1.82) is 0 Å². The first-order valence-corrected chi connectivity index (χ1v) is 25.3. The number of benzene rings is 2. The molecule has 2 aromatic carbocycles. The van der Waals surface area contributed by atoms with Crippen molar-refractivity contribution in [3.8, 4) is 5.69 Å². The van der Waals surface area contributed by atoms with E-state index in [1.54, 1.807) is 24.2 Å². The standard InChI is InChI=1S/C55H64F2N10O5/c1-33-25-38(27-41(56)50(33)37-14-19-64(20-15-37)34(2)47-28-39-44(11-16-59-51(39)61(47)6)66-32-42(57)43(58-5)29-49(66)69)53(71)65-17-12-35(13-18-65)30-62-21-23-63(24-22-62)31-36-7-8-45-40(26-36)55(3,4)54(72)67(45)46-9-10-48(68)60-52(46)70/h7-8,11,14,16,25-29,32,34-35,46,58H,9-10,12-13,15,17-24,30-31H2,1-6H3,(H,60,68,70)/t34-,46?/m0/s1. The van der Waals surface area contributed by atoms with Gasteiger partial charge in [0.1, 0.15) is 17.5 Å². The lowest BCUT2D eigenvalue weighted by Crippen LogP contribution is -2.55. The van der Waals surface area contributed by atoms with Crippen LogP contribution in [-0.4, -0.2) is 129 Å². The van der Waals surface area contributed by atoms with Crippen LogP contribution < -0.4 is 21.1 Å². The van der Waals surface area contributed by atoms with E-state index < -0.39 is 23.2 Å². The number of piperazine rings is 1. The van der Waals surface area contributed by atoms with E-state index >= 15 is 4.39 Å². The van der Waals surface area contributed by atoms with Crippen molar-refractivity contribution in [2.24, 2.45) is 13.0 Å². The van der Waals surface area contributed by atoms with Gasteiger partial charge in [-0.3, -0.25) is 48.6 Å². The predicted octanol–water partition coefficient (Wildman–Crippen LogP) is 6.30. The summed E-state index contributed by atoms with van der Waals surface area (Å²) >= 11 is 0. The van der Waals surface area contributed by atoms with Gasteiger partial charge in [0.05, 0.1) is 23.0 Å². The normalized spacial score (nSPS) is 20.8. The number of halogens is 2. The molecule has 0 aliphatic carbocycles. The summed E-state index contributed by atoms with van der Waals surface area (Å²) in [6.07, 6.45) is 7.85. The fourth-order valence-corrected chi connectivity index (χ4v) is 11.9. The van der Waals surface area contributed by atoms with E-state index in [1.807, 2.05) is 55.5 Å². The SMILES string of the molecule is CNc1cc(=O)n(-c2ccnc3c2cc([C@H](C)N2CC=C(c4c(C)cc(C(=O)N5CCC(CN6CCN(Cc7ccc8c(c7)C(C)(C)C(=O)N8C7CCC(=O)NC7=O)CC6)CC5)cc4F)CC2)n3C)cc1F. The molecule has 72 heavy (non-hydrogen) atoms. The Morgan fingerprint density at radius 3 is 2.33 bits per heavy atom. The highest BCUT2D eigenvalue weighted by molar-refractivity contribution is 6.13. The van der Waals surface area contributed by atoms with Gasteiger partial charge in [0.15, 0.2) is 5.82 Å². The van der Waals surface area contributed by atoms with E-state index in [9.17, 15) is 28.4 Å². The molecule has 3 aromatic heterocycles. The van der Waals surface area contributed by atoms with Gasteiger partial charge in [0.25, 0.3) is 11.5 Å². The largest absolute Gasteiger partial charge is 0.386 e. The Bertz CT molecular complexity index is 3070. The second-order valence-corrected chi connectivity index (χ2v) is 20.9. The third-order valence-electron chi connectivity index (χ3n) is 16.1. The summed E-state index contributed by atoms with van der Waals surface area (Å²) in [5, 5.41) is 5.85. The van der Waals surface area contributed by atoms with E-state index in [-0.39, 0.29) is 47.2 Å². The minimum absolute atomic E-state index is 0.0454. The van der Waals surface area contributed by atoms with Crippen LogP contribution in [0.25, 0.3) is 22.3 Å². The number of piperidine rings is 2. The number of likely N-dealkylation sites (tertiary alicyclic amines) is 1. The summed E-state index contributed by atoms with van der Waals surface area (Å²) in [5.41, 5.74) is 6.59. The summed E-state index contributed by atoms with van der Waals surface area (Å²) < 4.78 is 34.2. The molecule has 2 atom stereocenters. The molecule has 0 spiro atoms. The number of fused-ring (bicyclic) bond motifs is 2. The molecule has 5 aliphatic rings. The summed E-state index contributed by atoms with van der Waals surface area (Å²) in [6, 6.07) is 13.6. The highest BCUT2D eigenvalue weighted by Gasteiger charge is 2.49. The molecule has 8 heterocycles. The number of nitrogens with one attached hydrogen (secondary N) is 2. The topological polar surface area (TPSA) is 148 Å². The molecular weight excluding hydrogens is 919 g/mol. The van der Waals surface area contributed by atoms with Crippen molar-refractivity contribution in [3.63, 3.8) is 0 Å². The van der Waals surface area contributed by atoms with E-state index in [2.05, 4.69) is 55.4 Å². The number of aromatic nitrogens is 3. The first-order chi connectivity index (χ1) is 34.5. The molecule has 5 aromatic rings. The molecule has 5 aliphatic heterocycles. The van der Waals surface area contributed by atoms with Crippen LogP contribution in [0, 0.1) is 24.5 Å². The van der Waals surface area contributed by atoms with Crippen LogP contribution >= 0.6 is 0 Å². The lowest BCUT2D eigenvalue weighted by atomic mass is 9.85. The first-order valence-electron chi connectivity index (χ1n) is 25.3. The van der Waals surface area contributed by atoms with Gasteiger partial charge in [-0.2, -0.15) is 0 Å². The van der Waals surface area contributed by atoms with Gasteiger partial charge in [0.2, 0.25) is 17.7 Å². The maximum atomic E-state index is 16.1. The van der Waals surface area contributed by atoms with Crippen molar-refractivity contribution < 1.29 is 28.0 Å². The molecule has 15 nitrogen and oxygen atoms in total. The fraction of sp³-hybridized carbons (Fsp3) is 0.455. The van der Waals surface area contributed by atoms with E-state index in [0.717, 1.165) is 91.1 Å². The highest BCUT2D eigenvalue weighted by atomic mass is 19.1. The quantitative estimate of drug-likeness (QED) is 0.145. The summed E-state index contributed by atoms with van der Waals surface area (Å²) in [4.78, 5) is 80.4. The molecule has 378 valence electrons. The van der Waals surface area contributed by atoms with Crippen LogP contribution in [0.1, 0.15) is 97.2 Å². The number of aryl methyl sites for hydroxylation is 2. The van der Waals surface area contributed by atoms with Crippen LogP contribution in [0.2, 0.25) is 0 Å². The molecule has 2 N–H and O–H groups in total. The Morgan fingerprint density at radius 1 is 0.889 bits per heavy atom. The van der Waals surface area contributed by atoms with Crippen LogP contribution in [0.15, 0.2) is 71.8 Å². The third-order valence-corrected chi connectivity index (χ3v) is 16.1. The van der Waals surface area contributed by atoms with Crippen molar-refractivity contribution in [2.75, 3.05) is 76.2 Å². The minimum atomic E-state index is -0.782. The zero-order valence-electron chi connectivity index (χ0n) is 42.1. The molecule has 3 fully saturated rings. The summed E-state index contributed by atoms with van der Waals surface area (Å²) in [6.45, 7) is 15.8. The second-order valence-electron chi connectivity index (χ2n) is 20.9. The Morgan fingerprint density at radius 2 is 1.64 bits per heavy atom. The van der Waals surface area contributed by atoms with Gasteiger partial charge in [0, 0.05) is 132 Å². The Labute approximate surface area is 418 Å². The number of pyridine rings is 2. The second kappa shape index (κ2) is 19.5. The number of imide groups is 1. The maximum absolute atomic E-state index is 16.1. The Hall–Kier alpha value is -6.56. The smallest absolute Gasteiger partial charge is 0.257 e. The van der Waals surface area contributed by atoms with Crippen LogP contribution in [0.4, 0.5) is 20.2 Å². The number of nitrogens with zero attached hydrogens (tertiary/aromatic N) is 8. The van der Waals surface area contributed by atoms with Gasteiger partial charge >= 0.3 is 0 Å². The van der Waals surface area contributed by atoms with Gasteiger partial charge in [-0.05, 0) is 112 Å². The van der Waals surface area contributed by atoms with Crippen molar-refractivity contribution in [2.45, 2.75) is 83.8 Å². The number of rotatable bonds is 11. The van der Waals surface area contributed by atoms with Gasteiger partial charge in [-0.1, -0.05) is 18.2 Å². The van der Waals surface area contributed by atoms with Crippen LogP contribution in [0.3, 0.4) is 0 Å². The van der Waals surface area contributed by atoms with Crippen molar-refractivity contribution in [1.82, 2.24) is 39.0 Å². The highest BCUT2D eigenvalue weighted by Crippen LogP contribution is 2.44. The van der Waals surface area contributed by atoms with Gasteiger partial charge in [-0.15, -0.1) is 0 Å². The van der Waals surface area contributed by atoms with Crippen LogP contribution in [-0.2, 0) is 33.4 Å². The number of carbonyl (C=O) groups excluding carboxylic acids is 4. The summed E-state index contributed by atoms with van der Waals surface area (Å²) in [5.74, 6) is -1.42. The molecule has 0 saturated carbocycles. The van der Waals surface area contributed by atoms with Gasteiger partial charge < -0.3 is 19.7 Å². The van der Waals surface area contributed by atoms with E-state index in [0.29, 0.717) is 67.4 Å². The molecular formula is C55H64F2N10O5. The average molecular weight is 983 g/mol. The lowest BCUT2D eigenvalue weighted by molar-refractivity contribution is -0.136. The molecule has 17 heteroatoms. The Balaban J connectivity index is 0.710. The van der Waals surface area contributed by atoms with Gasteiger partial charge in [-0.25, -0.2) is 13.8 Å². The van der Waals surface area contributed by atoms with Crippen molar-refractivity contribution in [3.05, 3.63) is 123 Å². The molecule has 4 amide bonds. The zero-order valence-corrected chi connectivity index (χ0v) is 42.1. The molecule has 0 bridgehead atoms. The predicted molar refractivity (Wildman–Crippen MR) is 273 cm³/mol. The molecule has 1 unspecified atom stereocenters. The lowest BCUT2D eigenvalue weighted by Gasteiger charge is -2.39. The van der Waals surface area contributed by atoms with Crippen LogP contribution in [0.5, 0.6) is 0 Å². The molecule has 3 saturated heterocycles. The number of carbonyl (C=O) groups is 4. The van der Waals surface area contributed by atoms with E-state index in [4.69, 9.17) is 0 Å². The number of hydrogen-bond donors (Lipinski definition) is 2. The number of anilines is 2. The number of amides is 4. The zero-order chi connectivity index (χ0) is 50.7. The molecule has 10 rings (SSSR count). The number of hydrogen-bond acceptors (Lipinski definition) is 10. The summed E-state index contributed by atoms with van der Waals surface area (Å²) in [7, 11) is 3.51. The minimum Gasteiger partial charge on any atom is -0.386 e.